The summed E-state index contributed by atoms with van der Waals surface area (Å²) in [6.07, 6.45) is 1.38. The van der Waals surface area contributed by atoms with Crippen LogP contribution in [-0.4, -0.2) is 54.1 Å². The quantitative estimate of drug-likeness (QED) is 0.826. The summed E-state index contributed by atoms with van der Waals surface area (Å²) >= 11 is 0. The van der Waals surface area contributed by atoms with Crippen molar-refractivity contribution in [3.8, 4) is 0 Å². The van der Waals surface area contributed by atoms with Crippen molar-refractivity contribution in [3.05, 3.63) is 29.8 Å². The van der Waals surface area contributed by atoms with Gasteiger partial charge in [-0.1, -0.05) is 0 Å². The maximum absolute atomic E-state index is 12.5. The van der Waals surface area contributed by atoms with Crippen LogP contribution in [0.1, 0.15) is 36.0 Å². The summed E-state index contributed by atoms with van der Waals surface area (Å²) in [5.74, 6) is -1.44. The molecule has 2 N–H and O–H groups in total. The molecular formula is C17H22N2O5. The van der Waals surface area contributed by atoms with Crippen molar-refractivity contribution in [1.82, 2.24) is 4.90 Å². The molecule has 130 valence electrons. The summed E-state index contributed by atoms with van der Waals surface area (Å²) in [6.45, 7) is 1.34. The van der Waals surface area contributed by atoms with E-state index >= 15 is 0 Å². The first-order valence-corrected chi connectivity index (χ1v) is 7.94. The Morgan fingerprint density at radius 3 is 2.38 bits per heavy atom. The topological polar surface area (TPSA) is 95.9 Å². The number of hydrogen-bond acceptors (Lipinski definition) is 4. The van der Waals surface area contributed by atoms with Gasteiger partial charge in [0.2, 0.25) is 5.91 Å². The molecule has 0 atom stereocenters. The summed E-state index contributed by atoms with van der Waals surface area (Å²) in [5.41, 5.74) is 1.09. The summed E-state index contributed by atoms with van der Waals surface area (Å²) in [7, 11) is 1.79. The first kappa shape index (κ1) is 17.9. The van der Waals surface area contributed by atoms with Crippen LogP contribution in [0.5, 0.6) is 0 Å². The molecule has 0 aliphatic carbocycles. The maximum atomic E-state index is 12.5. The van der Waals surface area contributed by atoms with Crippen LogP contribution in [0.3, 0.4) is 0 Å². The second kappa shape index (κ2) is 8.44. The third-order valence-electron chi connectivity index (χ3n) is 4.04. The van der Waals surface area contributed by atoms with Crippen LogP contribution in [0.2, 0.25) is 0 Å². The van der Waals surface area contributed by atoms with Crippen LogP contribution in [0.15, 0.2) is 24.3 Å². The fourth-order valence-electron chi connectivity index (χ4n) is 2.58. The van der Waals surface area contributed by atoms with Gasteiger partial charge in [0.25, 0.3) is 5.91 Å². The van der Waals surface area contributed by atoms with E-state index in [1.54, 1.807) is 36.2 Å². The molecule has 7 nitrogen and oxygen atoms in total. The molecule has 0 unspecified atom stereocenters. The van der Waals surface area contributed by atoms with Crippen LogP contribution < -0.4 is 5.32 Å². The molecule has 0 aromatic heterocycles. The molecule has 1 saturated heterocycles. The van der Waals surface area contributed by atoms with E-state index in [1.807, 2.05) is 0 Å². The third-order valence-corrected chi connectivity index (χ3v) is 4.04. The normalized spacial score (nSPS) is 14.9. The minimum atomic E-state index is -1.01. The van der Waals surface area contributed by atoms with E-state index in [2.05, 4.69) is 5.32 Å². The Labute approximate surface area is 140 Å². The van der Waals surface area contributed by atoms with Crippen LogP contribution in [0.4, 0.5) is 5.69 Å². The number of rotatable bonds is 6. The van der Waals surface area contributed by atoms with Gasteiger partial charge < -0.3 is 20.1 Å². The molecule has 1 heterocycles. The zero-order valence-electron chi connectivity index (χ0n) is 13.7. The van der Waals surface area contributed by atoms with Gasteiger partial charge in [0.05, 0.1) is 6.42 Å². The Bertz CT molecular complexity index is 594. The average Bonchev–Trinajstić information content (AvgIpc) is 2.60. The molecule has 24 heavy (non-hydrogen) atoms. The van der Waals surface area contributed by atoms with Gasteiger partial charge in [-0.25, -0.2) is 0 Å². The van der Waals surface area contributed by atoms with Crippen molar-refractivity contribution in [1.29, 1.82) is 0 Å². The van der Waals surface area contributed by atoms with Crippen LogP contribution in [0.25, 0.3) is 0 Å². The van der Waals surface area contributed by atoms with E-state index in [9.17, 15) is 14.4 Å². The van der Waals surface area contributed by atoms with E-state index in [0.29, 0.717) is 24.5 Å². The van der Waals surface area contributed by atoms with Gasteiger partial charge in [-0.05, 0) is 37.1 Å². The molecule has 1 aliphatic heterocycles. The zero-order chi connectivity index (χ0) is 17.5. The highest BCUT2D eigenvalue weighted by Gasteiger charge is 2.23. The Morgan fingerprint density at radius 1 is 1.17 bits per heavy atom. The van der Waals surface area contributed by atoms with Crippen LogP contribution >= 0.6 is 0 Å². The Hall–Kier alpha value is -2.41. The monoisotopic (exact) mass is 334 g/mol. The molecule has 1 aliphatic rings. The van der Waals surface area contributed by atoms with E-state index < -0.39 is 5.97 Å². The van der Waals surface area contributed by atoms with Crippen molar-refractivity contribution in [2.24, 2.45) is 0 Å². The van der Waals surface area contributed by atoms with Gasteiger partial charge in [0.15, 0.2) is 0 Å². The summed E-state index contributed by atoms with van der Waals surface area (Å²) < 4.78 is 5.31. The largest absolute Gasteiger partial charge is 0.481 e. The number of carbonyl (C=O) groups excluding carboxylic acids is 2. The van der Waals surface area contributed by atoms with Gasteiger partial charge >= 0.3 is 5.97 Å². The first-order valence-electron chi connectivity index (χ1n) is 7.94. The molecule has 7 heteroatoms. The third kappa shape index (κ3) is 5.06. The Balaban J connectivity index is 1.91. The van der Waals surface area contributed by atoms with E-state index in [0.717, 1.165) is 12.8 Å². The highest BCUT2D eigenvalue weighted by Crippen LogP contribution is 2.17. The lowest BCUT2D eigenvalue weighted by Gasteiger charge is -2.31. The van der Waals surface area contributed by atoms with Crippen molar-refractivity contribution >= 4 is 23.5 Å². The minimum absolute atomic E-state index is 0.0642. The lowest BCUT2D eigenvalue weighted by Crippen LogP contribution is -2.40. The maximum Gasteiger partial charge on any atom is 0.303 e. The Kier molecular flexibility index (Phi) is 6.31. The zero-order valence-corrected chi connectivity index (χ0v) is 13.7. The molecule has 0 saturated carbocycles. The molecule has 0 bridgehead atoms. The number of carboxylic acid groups (broad SMARTS) is 1. The van der Waals surface area contributed by atoms with Crippen molar-refractivity contribution in [2.75, 3.05) is 25.6 Å². The average molecular weight is 334 g/mol. The molecule has 2 amide bonds. The molecule has 0 radical (unpaired) electrons. The number of aliphatic carboxylic acids is 1. The number of nitrogens with zero attached hydrogens (tertiary/aromatic N) is 1. The second-order valence-corrected chi connectivity index (χ2v) is 5.78. The highest BCUT2D eigenvalue weighted by atomic mass is 16.5. The molecule has 2 rings (SSSR count). The summed E-state index contributed by atoms with van der Waals surface area (Å²) in [4.78, 5) is 36.3. The smallest absolute Gasteiger partial charge is 0.303 e. The number of hydrogen-bond donors (Lipinski definition) is 2. The minimum Gasteiger partial charge on any atom is -0.481 e. The molecular weight excluding hydrogens is 312 g/mol. The summed E-state index contributed by atoms with van der Waals surface area (Å²) in [5, 5.41) is 11.2. The first-order chi connectivity index (χ1) is 11.5. The molecule has 1 aromatic rings. The number of benzene rings is 1. The van der Waals surface area contributed by atoms with E-state index in [1.165, 1.54) is 0 Å². The Morgan fingerprint density at radius 2 is 1.79 bits per heavy atom. The standard InChI is InChI=1S/C17H22N2O5/c1-19(14-8-10-24-11-9-14)17(23)12-2-4-13(5-3-12)18-15(20)6-7-16(21)22/h2-5,14H,6-11H2,1H3,(H,18,20)(H,21,22). The molecule has 0 spiro atoms. The van der Waals surface area contributed by atoms with Gasteiger partial charge in [0.1, 0.15) is 0 Å². The van der Waals surface area contributed by atoms with Gasteiger partial charge in [-0.2, -0.15) is 0 Å². The highest BCUT2D eigenvalue weighted by molar-refractivity contribution is 5.96. The molecule has 1 fully saturated rings. The number of anilines is 1. The predicted octanol–water partition coefficient (Wildman–Crippen LogP) is 1.74. The van der Waals surface area contributed by atoms with Crippen LogP contribution in [0, 0.1) is 0 Å². The van der Waals surface area contributed by atoms with Gasteiger partial charge in [0, 0.05) is 44.0 Å². The van der Waals surface area contributed by atoms with Gasteiger partial charge in [-0.3, -0.25) is 14.4 Å². The number of carboxylic acids is 1. The lowest BCUT2D eigenvalue weighted by atomic mass is 10.1. The van der Waals surface area contributed by atoms with Crippen molar-refractivity contribution < 1.29 is 24.2 Å². The SMILES string of the molecule is CN(C(=O)c1ccc(NC(=O)CCC(=O)O)cc1)C1CCOCC1. The fraction of sp³-hybridized carbons (Fsp3) is 0.471. The molecule has 1 aromatic carbocycles. The lowest BCUT2D eigenvalue weighted by molar-refractivity contribution is -0.138. The van der Waals surface area contributed by atoms with E-state index in [4.69, 9.17) is 9.84 Å². The number of amides is 2. The second-order valence-electron chi connectivity index (χ2n) is 5.78. The fourth-order valence-corrected chi connectivity index (χ4v) is 2.58. The number of ether oxygens (including phenoxy) is 1. The van der Waals surface area contributed by atoms with Crippen molar-refractivity contribution in [3.63, 3.8) is 0 Å². The van der Waals surface area contributed by atoms with Crippen molar-refractivity contribution in [2.45, 2.75) is 31.7 Å². The predicted molar refractivity (Wildman–Crippen MR) is 87.9 cm³/mol. The van der Waals surface area contributed by atoms with Crippen LogP contribution in [-0.2, 0) is 14.3 Å². The van der Waals surface area contributed by atoms with E-state index in [-0.39, 0.29) is 30.7 Å². The van der Waals surface area contributed by atoms with Gasteiger partial charge in [-0.15, -0.1) is 0 Å². The summed E-state index contributed by atoms with van der Waals surface area (Å²) in [6, 6.07) is 6.78. The number of nitrogens with one attached hydrogen (secondary N) is 1. The number of carbonyl (C=O) groups is 3.